The molecule has 1 aromatic rings. The van der Waals surface area contributed by atoms with Crippen LogP contribution in [0.25, 0.3) is 0 Å². The van der Waals surface area contributed by atoms with E-state index in [2.05, 4.69) is 69.6 Å². The predicted octanol–water partition coefficient (Wildman–Crippen LogP) is 5.36. The van der Waals surface area contributed by atoms with Crippen LogP contribution in [-0.4, -0.2) is 28.8 Å². The van der Waals surface area contributed by atoms with Crippen LogP contribution in [0.15, 0.2) is 30.3 Å². The molecule has 134 valence electrons. The molecule has 0 fully saturated rings. The molecule has 0 aliphatic heterocycles. The maximum absolute atomic E-state index is 9.14. The van der Waals surface area contributed by atoms with E-state index in [0.717, 1.165) is 19.3 Å². The molecule has 2 atom stereocenters. The zero-order valence-electron chi connectivity index (χ0n) is 16.1. The molecular formula is C19H33NO2Si2. The fraction of sp³-hybridized carbons (Fsp3) is 0.632. The van der Waals surface area contributed by atoms with Crippen LogP contribution in [0.4, 0.5) is 0 Å². The molecule has 5 heteroatoms. The van der Waals surface area contributed by atoms with Crippen LogP contribution in [-0.2, 0) is 15.3 Å². The molecule has 0 aromatic heterocycles. The topological polar surface area (TPSA) is 42.2 Å². The maximum Gasteiger partial charge on any atom is 0.184 e. The molecule has 0 aliphatic rings. The molecule has 0 N–H and O–H groups in total. The molecule has 0 aliphatic carbocycles. The second-order valence-corrected chi connectivity index (χ2v) is 17.2. The van der Waals surface area contributed by atoms with Gasteiger partial charge in [-0.05, 0) is 64.1 Å². The van der Waals surface area contributed by atoms with Gasteiger partial charge in [0.15, 0.2) is 16.6 Å². The van der Waals surface area contributed by atoms with Gasteiger partial charge in [0.25, 0.3) is 0 Å². The smallest absolute Gasteiger partial charge is 0.184 e. The largest absolute Gasteiger partial charge is 0.415 e. The van der Waals surface area contributed by atoms with Crippen LogP contribution in [0, 0.1) is 11.3 Å². The van der Waals surface area contributed by atoms with Crippen LogP contribution in [0.2, 0.25) is 39.3 Å². The highest BCUT2D eigenvalue weighted by molar-refractivity contribution is 6.70. The molecule has 0 saturated carbocycles. The summed E-state index contributed by atoms with van der Waals surface area (Å²) in [4.78, 5) is 0. The van der Waals surface area contributed by atoms with Crippen molar-refractivity contribution >= 4 is 16.6 Å². The second-order valence-electron chi connectivity index (χ2n) is 8.33. The normalized spacial score (nSPS) is 14.9. The summed E-state index contributed by atoms with van der Waals surface area (Å²) < 4.78 is 12.6. The zero-order valence-corrected chi connectivity index (χ0v) is 18.1. The quantitative estimate of drug-likeness (QED) is 0.525. The summed E-state index contributed by atoms with van der Waals surface area (Å²) in [5, 5.41) is 9.14. The van der Waals surface area contributed by atoms with Crippen molar-refractivity contribution in [1.82, 2.24) is 0 Å². The highest BCUT2D eigenvalue weighted by Gasteiger charge is 2.27. The van der Waals surface area contributed by atoms with Gasteiger partial charge in [0.2, 0.25) is 0 Å². The molecule has 0 radical (unpaired) electrons. The highest BCUT2D eigenvalue weighted by Crippen LogP contribution is 2.22. The zero-order chi connectivity index (χ0) is 18.2. The number of aryl methyl sites for hydroxylation is 1. The van der Waals surface area contributed by atoms with Crippen molar-refractivity contribution in [2.75, 3.05) is 0 Å². The molecule has 0 saturated heterocycles. The Morgan fingerprint density at radius 1 is 0.917 bits per heavy atom. The Hall–Kier alpha value is -0.936. The van der Waals surface area contributed by atoms with Crippen molar-refractivity contribution < 1.29 is 8.85 Å². The summed E-state index contributed by atoms with van der Waals surface area (Å²) in [7, 11) is -3.30. The standard InChI is InChI=1S/C19H33NO2Si2/c1-23(2,3)21-18(13-12-17-10-8-7-9-11-17)16-19(14-15-20)22-24(4,5)6/h7-11,18-19H,12-14,16H2,1-6H3/t18-,19-/m1/s1. The van der Waals surface area contributed by atoms with E-state index in [9.17, 15) is 0 Å². The lowest BCUT2D eigenvalue weighted by molar-refractivity contribution is 0.0988. The van der Waals surface area contributed by atoms with Crippen molar-refractivity contribution in [1.29, 1.82) is 5.26 Å². The fourth-order valence-corrected chi connectivity index (χ4v) is 5.16. The van der Waals surface area contributed by atoms with Gasteiger partial charge in [-0.3, -0.25) is 0 Å². The highest BCUT2D eigenvalue weighted by atomic mass is 28.4. The van der Waals surface area contributed by atoms with Gasteiger partial charge in [0, 0.05) is 6.10 Å². The van der Waals surface area contributed by atoms with Gasteiger partial charge in [-0.25, -0.2) is 0 Å². The van der Waals surface area contributed by atoms with Crippen molar-refractivity contribution in [3.05, 3.63) is 35.9 Å². The predicted molar refractivity (Wildman–Crippen MR) is 106 cm³/mol. The first-order valence-electron chi connectivity index (χ1n) is 8.85. The number of benzene rings is 1. The van der Waals surface area contributed by atoms with E-state index in [-0.39, 0.29) is 12.2 Å². The van der Waals surface area contributed by atoms with Gasteiger partial charge in [-0.2, -0.15) is 5.26 Å². The third kappa shape index (κ3) is 10.0. The molecule has 24 heavy (non-hydrogen) atoms. The Kier molecular flexibility index (Phi) is 8.37. The molecule has 0 heterocycles. The molecule has 0 amide bonds. The number of hydrogen-bond acceptors (Lipinski definition) is 3. The molecule has 1 aromatic carbocycles. The first-order valence-corrected chi connectivity index (χ1v) is 15.7. The van der Waals surface area contributed by atoms with E-state index < -0.39 is 16.6 Å². The Balaban J connectivity index is 2.74. The molecule has 0 bridgehead atoms. The molecule has 3 nitrogen and oxygen atoms in total. The van der Waals surface area contributed by atoms with Crippen LogP contribution in [0.5, 0.6) is 0 Å². The fourth-order valence-electron chi connectivity index (χ4n) is 2.77. The lowest BCUT2D eigenvalue weighted by atomic mass is 10.0. The number of nitriles is 1. The molecular weight excluding hydrogens is 330 g/mol. The van der Waals surface area contributed by atoms with Gasteiger partial charge >= 0.3 is 0 Å². The van der Waals surface area contributed by atoms with Crippen LogP contribution in [0.1, 0.15) is 24.8 Å². The van der Waals surface area contributed by atoms with Gasteiger partial charge in [0.1, 0.15) is 0 Å². The lowest BCUT2D eigenvalue weighted by Crippen LogP contribution is -2.38. The Labute approximate surface area is 150 Å². The minimum Gasteiger partial charge on any atom is -0.415 e. The summed E-state index contributed by atoms with van der Waals surface area (Å²) >= 11 is 0. The van der Waals surface area contributed by atoms with E-state index in [1.54, 1.807) is 0 Å². The number of rotatable bonds is 10. The van der Waals surface area contributed by atoms with Gasteiger partial charge in [0.05, 0.1) is 18.6 Å². The average Bonchev–Trinajstić information content (AvgIpc) is 2.43. The van der Waals surface area contributed by atoms with Crippen molar-refractivity contribution in [3.8, 4) is 6.07 Å². The molecule has 0 unspecified atom stereocenters. The third-order valence-electron chi connectivity index (χ3n) is 3.48. The monoisotopic (exact) mass is 363 g/mol. The van der Waals surface area contributed by atoms with Crippen molar-refractivity contribution in [2.24, 2.45) is 0 Å². The first-order chi connectivity index (χ1) is 11.1. The van der Waals surface area contributed by atoms with Crippen LogP contribution in [0.3, 0.4) is 0 Å². The maximum atomic E-state index is 9.14. The van der Waals surface area contributed by atoms with Gasteiger partial charge in [-0.1, -0.05) is 30.3 Å². The summed E-state index contributed by atoms with van der Waals surface area (Å²) in [5.41, 5.74) is 1.34. The Bertz CT molecular complexity index is 515. The minimum absolute atomic E-state index is 0.0150. The van der Waals surface area contributed by atoms with Crippen molar-refractivity contribution in [2.45, 2.75) is 77.2 Å². The molecule has 0 spiro atoms. The van der Waals surface area contributed by atoms with Crippen LogP contribution >= 0.6 is 0 Å². The minimum atomic E-state index is -1.67. The summed E-state index contributed by atoms with van der Waals surface area (Å²) in [6, 6.07) is 12.8. The first kappa shape index (κ1) is 21.1. The second kappa shape index (κ2) is 9.52. The number of hydrogen-bond donors (Lipinski definition) is 0. The van der Waals surface area contributed by atoms with E-state index >= 15 is 0 Å². The molecule has 1 rings (SSSR count). The summed E-state index contributed by atoms with van der Waals surface area (Å²) in [6.07, 6.45) is 3.38. The average molecular weight is 364 g/mol. The Morgan fingerprint density at radius 3 is 1.96 bits per heavy atom. The Morgan fingerprint density at radius 2 is 1.46 bits per heavy atom. The van der Waals surface area contributed by atoms with Crippen molar-refractivity contribution in [3.63, 3.8) is 0 Å². The lowest BCUT2D eigenvalue weighted by Gasteiger charge is -2.31. The van der Waals surface area contributed by atoms with Gasteiger partial charge < -0.3 is 8.85 Å². The van der Waals surface area contributed by atoms with E-state index in [0.29, 0.717) is 6.42 Å². The van der Waals surface area contributed by atoms with E-state index in [1.165, 1.54) is 5.56 Å². The van der Waals surface area contributed by atoms with E-state index in [4.69, 9.17) is 14.1 Å². The number of nitrogens with zero attached hydrogens (tertiary/aromatic N) is 1. The van der Waals surface area contributed by atoms with Crippen LogP contribution < -0.4 is 0 Å². The summed E-state index contributed by atoms with van der Waals surface area (Å²) in [5.74, 6) is 0. The third-order valence-corrected chi connectivity index (χ3v) is 5.56. The summed E-state index contributed by atoms with van der Waals surface area (Å²) in [6.45, 7) is 13.2. The SMILES string of the molecule is C[Si](C)(C)O[C@H](CC#N)C[C@@H](CCc1ccccc1)O[Si](C)(C)C. The van der Waals surface area contributed by atoms with Gasteiger partial charge in [-0.15, -0.1) is 0 Å². The van der Waals surface area contributed by atoms with E-state index in [1.807, 2.05) is 6.07 Å².